The molecule has 0 amide bonds. The molecular weight excluding hydrogens is 384 g/mol. The fourth-order valence-corrected chi connectivity index (χ4v) is 7.83. The van der Waals surface area contributed by atoms with Crippen LogP contribution < -0.4 is 0 Å². The third kappa shape index (κ3) is 4.41. The van der Waals surface area contributed by atoms with Crippen LogP contribution in [0.25, 0.3) is 0 Å². The van der Waals surface area contributed by atoms with Crippen LogP contribution >= 0.6 is 0 Å². The Morgan fingerprint density at radius 1 is 1.13 bits per heavy atom. The molecule has 0 bridgehead atoms. The second-order valence-electron chi connectivity index (χ2n) is 11.0. The normalized spacial score (nSPS) is 39.6. The Morgan fingerprint density at radius 3 is 2.58 bits per heavy atom. The summed E-state index contributed by atoms with van der Waals surface area (Å²) < 4.78 is 4.81. The number of rotatable bonds is 5. The fourth-order valence-electron chi connectivity index (χ4n) is 7.83. The van der Waals surface area contributed by atoms with Gasteiger partial charge in [0.15, 0.2) is 0 Å². The fraction of sp³-hybridized carbons (Fsp3) is 0.821. The third-order valence-corrected chi connectivity index (χ3v) is 9.57. The summed E-state index contributed by atoms with van der Waals surface area (Å²) >= 11 is 0. The van der Waals surface area contributed by atoms with E-state index in [1.807, 2.05) is 13.8 Å². The van der Waals surface area contributed by atoms with Crippen LogP contribution in [-0.4, -0.2) is 24.3 Å². The van der Waals surface area contributed by atoms with Crippen molar-refractivity contribution in [2.24, 2.45) is 34.5 Å². The van der Waals surface area contributed by atoms with Gasteiger partial charge in [0, 0.05) is 6.42 Å². The Bertz CT molecular complexity index is 707. The molecule has 1 N–H and O–H groups in total. The maximum Gasteiger partial charge on any atom is 0.305 e. The smallest absolute Gasteiger partial charge is 0.305 e. The maximum absolute atomic E-state index is 11.5. The monoisotopic (exact) mass is 430 g/mol. The average Bonchev–Trinajstić information content (AvgIpc) is 3.12. The minimum absolute atomic E-state index is 0.0750. The quantitative estimate of drug-likeness (QED) is 0.485. The van der Waals surface area contributed by atoms with Crippen molar-refractivity contribution in [3.8, 4) is 0 Å². The molecule has 7 atom stereocenters. The van der Waals surface area contributed by atoms with Gasteiger partial charge in [0.2, 0.25) is 0 Å². The number of allylic oxidation sites excluding steroid dienone is 3. The molecular formula is C28H46O3. The number of carbonyl (C=O) groups excluding carboxylic acids is 1. The van der Waals surface area contributed by atoms with E-state index in [0.717, 1.165) is 43.9 Å². The van der Waals surface area contributed by atoms with E-state index in [1.165, 1.54) is 38.4 Å². The second kappa shape index (κ2) is 9.81. The number of hydrogen-bond acceptors (Lipinski definition) is 3. The summed E-state index contributed by atoms with van der Waals surface area (Å²) in [6.07, 6.45) is 15.6. The first-order valence-electron chi connectivity index (χ1n) is 13.0. The van der Waals surface area contributed by atoms with Crippen LogP contribution in [0.15, 0.2) is 23.3 Å². The van der Waals surface area contributed by atoms with Gasteiger partial charge >= 0.3 is 5.97 Å². The number of methoxy groups -OCH3 is 1. The van der Waals surface area contributed by atoms with E-state index in [1.54, 1.807) is 5.57 Å². The third-order valence-electron chi connectivity index (χ3n) is 9.57. The number of hydrogen-bond donors (Lipinski definition) is 1. The molecule has 3 nitrogen and oxygen atoms in total. The minimum atomic E-state index is -0.139. The van der Waals surface area contributed by atoms with Gasteiger partial charge in [-0.3, -0.25) is 4.79 Å². The molecule has 0 spiro atoms. The van der Waals surface area contributed by atoms with Crippen LogP contribution in [-0.2, 0) is 9.53 Å². The Kier molecular flexibility index (Phi) is 7.77. The molecule has 0 aromatic rings. The predicted octanol–water partition coefficient (Wildman–Crippen LogP) is 6.85. The van der Waals surface area contributed by atoms with Crippen LogP contribution in [0.3, 0.4) is 0 Å². The van der Waals surface area contributed by atoms with Gasteiger partial charge in [-0.25, -0.2) is 0 Å². The minimum Gasteiger partial charge on any atom is -0.469 e. The SMILES string of the molecule is CC.COC(=O)CCC[C@@H](C)C1CCC2C3=CC=C4CC(O)CCC4(C)C3CCC21C. The summed E-state index contributed by atoms with van der Waals surface area (Å²) in [6.45, 7) is 11.5. The zero-order valence-electron chi connectivity index (χ0n) is 20.9. The van der Waals surface area contributed by atoms with E-state index in [0.29, 0.717) is 23.7 Å². The van der Waals surface area contributed by atoms with Crippen molar-refractivity contribution in [2.45, 2.75) is 105 Å². The Balaban J connectivity index is 0.00000132. The Labute approximate surface area is 190 Å². The maximum atomic E-state index is 11.5. The molecule has 0 heterocycles. The van der Waals surface area contributed by atoms with E-state index in [4.69, 9.17) is 4.74 Å². The molecule has 3 fully saturated rings. The summed E-state index contributed by atoms with van der Waals surface area (Å²) in [6, 6.07) is 0. The summed E-state index contributed by atoms with van der Waals surface area (Å²) in [5.74, 6) is 2.76. The first kappa shape index (κ1) is 24.6. The first-order valence-corrected chi connectivity index (χ1v) is 13.0. The van der Waals surface area contributed by atoms with Crippen molar-refractivity contribution in [1.29, 1.82) is 0 Å². The summed E-state index contributed by atoms with van der Waals surface area (Å²) in [5, 5.41) is 10.2. The number of fused-ring (bicyclic) bond motifs is 5. The molecule has 0 radical (unpaired) electrons. The van der Waals surface area contributed by atoms with Gasteiger partial charge in [-0.2, -0.15) is 0 Å². The van der Waals surface area contributed by atoms with Gasteiger partial charge in [0.05, 0.1) is 13.2 Å². The summed E-state index contributed by atoms with van der Waals surface area (Å²) in [7, 11) is 1.48. The van der Waals surface area contributed by atoms with Crippen LogP contribution in [0.5, 0.6) is 0 Å². The zero-order chi connectivity index (χ0) is 22.8. The van der Waals surface area contributed by atoms with Gasteiger partial charge in [-0.05, 0) is 92.3 Å². The molecule has 3 saturated carbocycles. The van der Waals surface area contributed by atoms with E-state index in [2.05, 4.69) is 32.9 Å². The molecule has 4 rings (SSSR count). The van der Waals surface area contributed by atoms with Crippen LogP contribution in [0.1, 0.15) is 98.8 Å². The van der Waals surface area contributed by atoms with Gasteiger partial charge in [0.1, 0.15) is 0 Å². The highest BCUT2D eigenvalue weighted by molar-refractivity contribution is 5.68. The highest BCUT2D eigenvalue weighted by Gasteiger charge is 2.56. The number of aliphatic hydroxyl groups is 1. The number of aliphatic hydroxyl groups excluding tert-OH is 1. The summed E-state index contributed by atoms with van der Waals surface area (Å²) in [4.78, 5) is 11.5. The molecule has 3 heteroatoms. The number of ether oxygens (including phenoxy) is 1. The molecule has 0 saturated heterocycles. The lowest BCUT2D eigenvalue weighted by Gasteiger charge is -2.55. The van der Waals surface area contributed by atoms with Crippen LogP contribution in [0, 0.1) is 34.5 Å². The highest BCUT2D eigenvalue weighted by atomic mass is 16.5. The largest absolute Gasteiger partial charge is 0.469 e. The predicted molar refractivity (Wildman–Crippen MR) is 128 cm³/mol. The van der Waals surface area contributed by atoms with Crippen molar-refractivity contribution in [3.05, 3.63) is 23.3 Å². The van der Waals surface area contributed by atoms with Crippen molar-refractivity contribution in [3.63, 3.8) is 0 Å². The molecule has 4 aliphatic rings. The average molecular weight is 431 g/mol. The Hall–Kier alpha value is -1.09. The standard InChI is InChI=1S/C26H40O3.C2H6/c1-17(6-5-7-24(28)29-4)21-10-11-22-20-9-8-18-16-19(27)12-14-25(18,2)23(20)13-15-26(21,22)3;1-2/h8-9,17,19,21-23,27H,5-7,10-16H2,1-4H3;1-2H3/t17-,19?,21?,22?,23?,25?,26?;/m1./s1. The topological polar surface area (TPSA) is 46.5 Å². The van der Waals surface area contributed by atoms with E-state index in [-0.39, 0.29) is 17.5 Å². The van der Waals surface area contributed by atoms with Crippen molar-refractivity contribution in [1.82, 2.24) is 0 Å². The lowest BCUT2D eigenvalue weighted by Crippen LogP contribution is -2.46. The summed E-state index contributed by atoms with van der Waals surface area (Å²) in [5.41, 5.74) is 3.91. The van der Waals surface area contributed by atoms with Crippen molar-refractivity contribution >= 4 is 5.97 Å². The second-order valence-corrected chi connectivity index (χ2v) is 11.0. The molecule has 4 aliphatic carbocycles. The molecule has 176 valence electrons. The molecule has 0 aromatic heterocycles. The Morgan fingerprint density at radius 2 is 1.87 bits per heavy atom. The number of carbonyl (C=O) groups is 1. The van der Waals surface area contributed by atoms with E-state index >= 15 is 0 Å². The highest BCUT2D eigenvalue weighted by Crippen LogP contribution is 2.66. The van der Waals surface area contributed by atoms with Gasteiger partial charge in [-0.15, -0.1) is 0 Å². The molecule has 31 heavy (non-hydrogen) atoms. The van der Waals surface area contributed by atoms with E-state index < -0.39 is 0 Å². The van der Waals surface area contributed by atoms with Crippen LogP contribution in [0.2, 0.25) is 0 Å². The first-order chi connectivity index (χ1) is 14.8. The lowest BCUT2D eigenvalue weighted by molar-refractivity contribution is -0.140. The molecule has 6 unspecified atom stereocenters. The molecule has 0 aromatic carbocycles. The van der Waals surface area contributed by atoms with Crippen molar-refractivity contribution in [2.75, 3.05) is 7.11 Å². The lowest BCUT2D eigenvalue weighted by atomic mass is 9.50. The van der Waals surface area contributed by atoms with Gasteiger partial charge in [-0.1, -0.05) is 57.9 Å². The number of esters is 1. The van der Waals surface area contributed by atoms with Crippen LogP contribution in [0.4, 0.5) is 0 Å². The van der Waals surface area contributed by atoms with Gasteiger partial charge in [0.25, 0.3) is 0 Å². The van der Waals surface area contributed by atoms with Gasteiger partial charge < -0.3 is 9.84 Å². The van der Waals surface area contributed by atoms with E-state index in [9.17, 15) is 9.90 Å². The van der Waals surface area contributed by atoms with Crippen molar-refractivity contribution < 1.29 is 14.6 Å². The zero-order valence-corrected chi connectivity index (χ0v) is 20.9. The molecule has 0 aliphatic heterocycles.